The number of aliphatic hydroxyl groups is 1. The summed E-state index contributed by atoms with van der Waals surface area (Å²) in [4.78, 5) is 82.0. The number of hydrogen-bond donors (Lipinski definition) is 5. The highest BCUT2D eigenvalue weighted by Crippen LogP contribution is 2.30. The van der Waals surface area contributed by atoms with Gasteiger partial charge in [0.25, 0.3) is 17.0 Å². The minimum atomic E-state index is -0.964. The summed E-state index contributed by atoms with van der Waals surface area (Å²) >= 11 is 0. The number of carbonyl (C=O) groups is 4. The van der Waals surface area contributed by atoms with Crippen LogP contribution in [0.5, 0.6) is 11.5 Å². The van der Waals surface area contributed by atoms with Crippen LogP contribution in [-0.4, -0.2) is 60.4 Å². The van der Waals surface area contributed by atoms with Crippen LogP contribution in [0.15, 0.2) is 82.4 Å². The van der Waals surface area contributed by atoms with E-state index < -0.39 is 46.8 Å². The van der Waals surface area contributed by atoms with Crippen LogP contribution in [-0.2, 0) is 45.5 Å². The van der Waals surface area contributed by atoms with Crippen LogP contribution < -0.4 is 41.9 Å². The Morgan fingerprint density at radius 3 is 2.15 bits per heavy atom. The summed E-state index contributed by atoms with van der Waals surface area (Å²) in [5.74, 6) is -0.716. The first-order valence-electron chi connectivity index (χ1n) is 19.6. The summed E-state index contributed by atoms with van der Waals surface area (Å²) in [6, 6.07) is 19.5. The molecular weight excluding hydrogens is 787 g/mol. The number of imide groups is 2. The molecule has 0 bridgehead atoms. The highest BCUT2D eigenvalue weighted by molar-refractivity contribution is 6.00. The van der Waals surface area contributed by atoms with E-state index in [2.05, 4.69) is 31.6 Å². The highest BCUT2D eigenvalue weighted by Gasteiger charge is 2.32. The van der Waals surface area contributed by atoms with E-state index in [1.165, 1.54) is 11.7 Å². The van der Waals surface area contributed by atoms with Crippen molar-refractivity contribution in [2.24, 2.45) is 0 Å². The van der Waals surface area contributed by atoms with E-state index in [9.17, 15) is 33.9 Å². The number of aliphatic hydroxyl groups excluding tert-OH is 1. The molecule has 0 aliphatic carbocycles. The SMILES string of the molecule is COc1cc(OCc2ccc(NCc3ccc(CO)cc3)c3c(=O)n(C4CCC(=O)NC4=O)c(C)nc23)ccc1CNc1cccc2nnn(C3CCC(=O)NC3=O)c(=O)c12. The maximum absolute atomic E-state index is 14.4. The van der Waals surface area contributed by atoms with E-state index in [0.29, 0.717) is 51.8 Å². The van der Waals surface area contributed by atoms with Crippen LogP contribution in [0.25, 0.3) is 21.8 Å². The zero-order valence-corrected chi connectivity index (χ0v) is 33.2. The molecule has 2 aliphatic heterocycles. The molecule has 2 fully saturated rings. The van der Waals surface area contributed by atoms with Gasteiger partial charge >= 0.3 is 0 Å². The standard InChI is InChI=1S/C43H41N9O9/c1-23-46-39-27(11-13-30(44-19-24-6-8-25(21-53)9-7-24)38(39)42(58)51(23)32-14-16-35(54)47-40(32)56)22-61-28-12-10-26(34(18-28)60-2)20-45-29-4-3-5-31-37(29)43(59)52(50-49-31)33-15-17-36(55)48-41(33)57/h3-13,18,32-33,44-45,53H,14-17,19-22H2,1-2H3,(H,47,54,56)(H,48,55,57). The predicted octanol–water partition coefficient (Wildman–Crippen LogP) is 3.07. The monoisotopic (exact) mass is 827 g/mol. The van der Waals surface area contributed by atoms with Gasteiger partial charge in [-0.25, -0.2) is 4.98 Å². The van der Waals surface area contributed by atoms with E-state index in [4.69, 9.17) is 14.5 Å². The number of benzene rings is 4. The molecule has 5 N–H and O–H groups in total. The van der Waals surface area contributed by atoms with Crippen molar-refractivity contribution in [1.82, 2.24) is 35.2 Å². The summed E-state index contributed by atoms with van der Waals surface area (Å²) in [5, 5.41) is 29.3. The van der Waals surface area contributed by atoms with Gasteiger partial charge in [-0.3, -0.25) is 44.0 Å². The molecular formula is C43H41N9O9. The molecule has 18 nitrogen and oxygen atoms in total. The summed E-state index contributed by atoms with van der Waals surface area (Å²) in [6.07, 6.45) is 0.465. The Morgan fingerprint density at radius 2 is 1.44 bits per heavy atom. The number of ether oxygens (including phenoxy) is 2. The van der Waals surface area contributed by atoms with Gasteiger partial charge in [-0.15, -0.1) is 5.10 Å². The minimum absolute atomic E-state index is 0.0188. The number of nitrogens with one attached hydrogen (secondary N) is 4. The molecule has 4 aromatic carbocycles. The summed E-state index contributed by atoms with van der Waals surface area (Å²) < 4.78 is 14.3. The molecule has 2 aliphatic rings. The molecule has 312 valence electrons. The van der Waals surface area contributed by atoms with Crippen LogP contribution >= 0.6 is 0 Å². The van der Waals surface area contributed by atoms with E-state index in [1.807, 2.05) is 36.4 Å². The quantitative estimate of drug-likeness (QED) is 0.105. The smallest absolute Gasteiger partial charge is 0.280 e. The van der Waals surface area contributed by atoms with Crippen LogP contribution in [0.1, 0.15) is 65.8 Å². The first kappa shape index (κ1) is 40.3. The molecule has 8 rings (SSSR count). The number of carbonyl (C=O) groups excluding carboxylic acids is 4. The number of amides is 4. The van der Waals surface area contributed by atoms with Crippen molar-refractivity contribution in [2.75, 3.05) is 17.7 Å². The van der Waals surface area contributed by atoms with Crippen molar-refractivity contribution >= 4 is 56.8 Å². The van der Waals surface area contributed by atoms with Crippen molar-refractivity contribution < 1.29 is 33.8 Å². The number of hydrogen-bond acceptors (Lipinski definition) is 14. The van der Waals surface area contributed by atoms with Crippen molar-refractivity contribution in [3.63, 3.8) is 0 Å². The average Bonchev–Trinajstić information content (AvgIpc) is 3.25. The third-order valence-corrected chi connectivity index (χ3v) is 10.9. The molecule has 2 atom stereocenters. The van der Waals surface area contributed by atoms with E-state index in [0.717, 1.165) is 21.4 Å². The zero-order valence-electron chi connectivity index (χ0n) is 33.2. The molecule has 4 amide bonds. The third kappa shape index (κ3) is 8.12. The van der Waals surface area contributed by atoms with E-state index in [1.54, 1.807) is 43.3 Å². The summed E-state index contributed by atoms with van der Waals surface area (Å²) in [6.45, 7) is 2.18. The lowest BCUT2D eigenvalue weighted by atomic mass is 10.0. The molecule has 2 saturated heterocycles. The number of nitrogens with zero attached hydrogens (tertiary/aromatic N) is 5. The summed E-state index contributed by atoms with van der Waals surface area (Å²) in [5.41, 5.74) is 3.73. The van der Waals surface area contributed by atoms with Crippen molar-refractivity contribution in [3.05, 3.63) is 122 Å². The van der Waals surface area contributed by atoms with Gasteiger partial charge in [-0.05, 0) is 61.2 Å². The molecule has 0 radical (unpaired) electrons. The molecule has 2 aromatic heterocycles. The molecule has 18 heteroatoms. The number of piperidine rings is 2. The van der Waals surface area contributed by atoms with Crippen LogP contribution in [0, 0.1) is 6.92 Å². The Balaban J connectivity index is 1.04. The van der Waals surface area contributed by atoms with Gasteiger partial charge in [0.05, 0.1) is 30.0 Å². The summed E-state index contributed by atoms with van der Waals surface area (Å²) in [7, 11) is 1.52. The van der Waals surface area contributed by atoms with Crippen LogP contribution in [0.2, 0.25) is 0 Å². The molecule has 0 spiro atoms. The van der Waals surface area contributed by atoms with Gasteiger partial charge in [-0.1, -0.05) is 41.6 Å². The molecule has 6 aromatic rings. The van der Waals surface area contributed by atoms with Gasteiger partial charge in [0.15, 0.2) is 0 Å². The first-order chi connectivity index (χ1) is 29.5. The fraction of sp³-hybridized carbons (Fsp3) is 0.279. The normalized spacial score (nSPS) is 16.6. The molecule has 4 heterocycles. The number of aryl methyl sites for hydroxylation is 1. The van der Waals surface area contributed by atoms with Crippen LogP contribution in [0.3, 0.4) is 0 Å². The Kier molecular flexibility index (Phi) is 11.2. The molecule has 0 saturated carbocycles. The maximum atomic E-state index is 14.4. The maximum Gasteiger partial charge on any atom is 0.280 e. The largest absolute Gasteiger partial charge is 0.496 e. The third-order valence-electron chi connectivity index (χ3n) is 10.9. The van der Waals surface area contributed by atoms with E-state index in [-0.39, 0.29) is 56.2 Å². The lowest BCUT2D eigenvalue weighted by molar-refractivity contribution is -0.137. The van der Waals surface area contributed by atoms with Gasteiger partial charge in [-0.2, -0.15) is 4.68 Å². The Morgan fingerprint density at radius 1 is 0.770 bits per heavy atom. The van der Waals surface area contributed by atoms with Crippen molar-refractivity contribution in [1.29, 1.82) is 0 Å². The minimum Gasteiger partial charge on any atom is -0.496 e. The van der Waals surface area contributed by atoms with E-state index >= 15 is 0 Å². The lowest BCUT2D eigenvalue weighted by Gasteiger charge is -2.25. The number of anilines is 2. The predicted molar refractivity (Wildman–Crippen MR) is 222 cm³/mol. The second-order valence-electron chi connectivity index (χ2n) is 14.7. The van der Waals surface area contributed by atoms with Gasteiger partial charge in [0, 0.05) is 54.5 Å². The Hall–Kier alpha value is -7.47. The topological polar surface area (TPSA) is 238 Å². The second-order valence-corrected chi connectivity index (χ2v) is 14.7. The Bertz CT molecular complexity index is 2860. The fourth-order valence-electron chi connectivity index (χ4n) is 7.66. The first-order valence-corrected chi connectivity index (χ1v) is 19.6. The Labute approximate surface area is 346 Å². The fourth-order valence-corrected chi connectivity index (χ4v) is 7.66. The van der Waals surface area contributed by atoms with Gasteiger partial charge in [0.1, 0.15) is 41.5 Å². The number of rotatable bonds is 13. The molecule has 61 heavy (non-hydrogen) atoms. The van der Waals surface area contributed by atoms with Crippen molar-refractivity contribution in [3.8, 4) is 11.5 Å². The van der Waals surface area contributed by atoms with Gasteiger partial charge in [0.2, 0.25) is 17.7 Å². The molecule has 2 unspecified atom stereocenters. The number of fused-ring (bicyclic) bond motifs is 2. The highest BCUT2D eigenvalue weighted by atomic mass is 16.5. The number of aromatic nitrogens is 5. The average molecular weight is 828 g/mol. The van der Waals surface area contributed by atoms with Crippen LogP contribution in [0.4, 0.5) is 11.4 Å². The van der Waals surface area contributed by atoms with Crippen molar-refractivity contribution in [2.45, 2.75) is 71.0 Å². The lowest BCUT2D eigenvalue weighted by Crippen LogP contribution is -2.45. The zero-order chi connectivity index (χ0) is 42.8. The number of methoxy groups -OCH3 is 1. The van der Waals surface area contributed by atoms with Gasteiger partial charge < -0.3 is 25.2 Å². The second kappa shape index (κ2) is 17.0.